The van der Waals surface area contributed by atoms with E-state index >= 15 is 0 Å². The molecule has 0 saturated carbocycles. The lowest BCUT2D eigenvalue weighted by Crippen LogP contribution is -2.21. The van der Waals surface area contributed by atoms with Crippen LogP contribution >= 0.6 is 11.8 Å². The first-order chi connectivity index (χ1) is 17.2. The van der Waals surface area contributed by atoms with Crippen molar-refractivity contribution in [2.75, 3.05) is 6.54 Å². The summed E-state index contributed by atoms with van der Waals surface area (Å²) in [5.74, 6) is -1.64. The summed E-state index contributed by atoms with van der Waals surface area (Å²) >= 11 is 1.14. The number of carbonyl (C=O) groups is 1. The van der Waals surface area contributed by atoms with Gasteiger partial charge in [-0.05, 0) is 71.8 Å². The quantitative estimate of drug-likeness (QED) is 0.435. The molecule has 0 aliphatic carbocycles. The number of phenols is 1. The number of nitrogens with zero attached hydrogens (tertiary/aromatic N) is 3. The number of amides is 1. The second-order valence-electron chi connectivity index (χ2n) is 7.52. The molecule has 0 fully saturated rings. The van der Waals surface area contributed by atoms with E-state index in [0.29, 0.717) is 34.7 Å². The van der Waals surface area contributed by atoms with E-state index in [-0.39, 0.29) is 11.3 Å². The summed E-state index contributed by atoms with van der Waals surface area (Å²) < 4.78 is 45.4. The van der Waals surface area contributed by atoms with Crippen molar-refractivity contribution in [2.45, 2.75) is 12.6 Å². The third-order valence-corrected chi connectivity index (χ3v) is 5.89. The van der Waals surface area contributed by atoms with Crippen molar-refractivity contribution in [1.82, 2.24) is 10.3 Å². The van der Waals surface area contributed by atoms with Gasteiger partial charge in [0.2, 0.25) is 0 Å². The molecule has 0 bridgehead atoms. The van der Waals surface area contributed by atoms with Gasteiger partial charge in [0.05, 0.1) is 22.1 Å². The van der Waals surface area contributed by atoms with Crippen LogP contribution in [0.1, 0.15) is 22.3 Å². The van der Waals surface area contributed by atoms with Crippen LogP contribution in [0, 0.1) is 11.3 Å². The molecule has 0 radical (unpaired) electrons. The third kappa shape index (κ3) is 6.03. The zero-order valence-corrected chi connectivity index (χ0v) is 19.2. The maximum atomic E-state index is 13.4. The lowest BCUT2D eigenvalue weighted by Gasteiger charge is -2.15. The van der Waals surface area contributed by atoms with Crippen LogP contribution in [0.3, 0.4) is 0 Å². The van der Waals surface area contributed by atoms with Crippen LogP contribution in [0.5, 0.6) is 17.2 Å². The zero-order chi connectivity index (χ0) is 25.7. The number of nitrogens with one attached hydrogen (secondary N) is 1. The number of thioether (sulfide) groups is 1. The van der Waals surface area contributed by atoms with Crippen molar-refractivity contribution in [3.8, 4) is 23.3 Å². The number of benzene rings is 2. The van der Waals surface area contributed by atoms with Gasteiger partial charge in [-0.1, -0.05) is 12.1 Å². The maximum Gasteiger partial charge on any atom is 0.420 e. The SMILES string of the molecule is N#Cc1ccc(Oc2ccc(/C=C3\SC(NCCc4cccnc4)=NC3=O)cc2O)c(C(F)(F)F)c1. The molecule has 11 heteroatoms. The van der Waals surface area contributed by atoms with E-state index in [4.69, 9.17) is 10.00 Å². The molecule has 1 aliphatic heterocycles. The Hall–Kier alpha value is -4.30. The normalized spacial score (nSPS) is 14.4. The Kier molecular flexibility index (Phi) is 7.26. The standard InChI is InChI=1S/C25H17F3N4O3S/c26-25(27,28)18-10-17(13-29)4-5-20(18)35-21-6-3-16(11-19(21)33)12-22-23(34)32-24(36-22)31-9-7-15-2-1-8-30-14-15/h1-6,8,10-12,14,33H,7,9H2,(H,31,32,34)/b22-12-. The van der Waals surface area contributed by atoms with E-state index in [1.165, 1.54) is 30.3 Å². The number of aliphatic imine (C=N–C) groups is 1. The van der Waals surface area contributed by atoms with E-state index in [1.807, 2.05) is 12.1 Å². The van der Waals surface area contributed by atoms with Crippen LogP contribution < -0.4 is 10.1 Å². The highest BCUT2D eigenvalue weighted by Gasteiger charge is 2.35. The van der Waals surface area contributed by atoms with Gasteiger partial charge in [-0.15, -0.1) is 0 Å². The van der Waals surface area contributed by atoms with E-state index in [1.54, 1.807) is 18.5 Å². The van der Waals surface area contributed by atoms with Crippen molar-refractivity contribution in [3.63, 3.8) is 0 Å². The number of carbonyl (C=O) groups excluding carboxylic acids is 1. The van der Waals surface area contributed by atoms with Crippen molar-refractivity contribution < 1.29 is 27.8 Å². The first kappa shape index (κ1) is 24.8. The van der Waals surface area contributed by atoms with E-state index in [2.05, 4.69) is 15.3 Å². The molecule has 1 aliphatic rings. The average Bonchev–Trinajstić information content (AvgIpc) is 3.19. The molecule has 2 aromatic carbocycles. The topological polar surface area (TPSA) is 108 Å². The number of hydrogen-bond donors (Lipinski definition) is 2. The summed E-state index contributed by atoms with van der Waals surface area (Å²) in [7, 11) is 0. The Morgan fingerprint density at radius 2 is 1.97 bits per heavy atom. The molecule has 0 unspecified atom stereocenters. The number of phenolic OH excluding ortho intramolecular Hbond substituents is 1. The second-order valence-corrected chi connectivity index (χ2v) is 8.55. The monoisotopic (exact) mass is 510 g/mol. The van der Waals surface area contributed by atoms with Crippen LogP contribution in [0.4, 0.5) is 13.2 Å². The summed E-state index contributed by atoms with van der Waals surface area (Å²) in [5, 5.41) is 22.8. The number of ether oxygens (including phenoxy) is 1. The highest BCUT2D eigenvalue weighted by molar-refractivity contribution is 8.18. The molecule has 0 atom stereocenters. The predicted octanol–water partition coefficient (Wildman–Crippen LogP) is 5.27. The van der Waals surface area contributed by atoms with Gasteiger partial charge in [0.1, 0.15) is 5.75 Å². The molecule has 3 aromatic rings. The smallest absolute Gasteiger partial charge is 0.420 e. The first-order valence-electron chi connectivity index (χ1n) is 10.5. The minimum atomic E-state index is -4.76. The molecule has 2 heterocycles. The fourth-order valence-electron chi connectivity index (χ4n) is 3.23. The Bertz CT molecular complexity index is 1400. The maximum absolute atomic E-state index is 13.4. The number of aromatic nitrogens is 1. The van der Waals surface area contributed by atoms with Gasteiger partial charge < -0.3 is 15.2 Å². The number of nitriles is 1. The van der Waals surface area contributed by atoms with Crippen LogP contribution in [-0.4, -0.2) is 27.7 Å². The Labute approximate surface area is 208 Å². The largest absolute Gasteiger partial charge is 0.504 e. The average molecular weight is 510 g/mol. The molecular weight excluding hydrogens is 493 g/mol. The van der Waals surface area contributed by atoms with Crippen LogP contribution in [0.25, 0.3) is 6.08 Å². The minimum Gasteiger partial charge on any atom is -0.504 e. The Morgan fingerprint density at radius 3 is 2.67 bits per heavy atom. The summed E-state index contributed by atoms with van der Waals surface area (Å²) in [6.45, 7) is 0.556. The van der Waals surface area contributed by atoms with Crippen LogP contribution in [-0.2, 0) is 17.4 Å². The van der Waals surface area contributed by atoms with E-state index in [9.17, 15) is 23.1 Å². The molecule has 2 N–H and O–H groups in total. The van der Waals surface area contributed by atoms with Crippen LogP contribution in [0.15, 0.2) is 70.8 Å². The van der Waals surface area contributed by atoms with Gasteiger partial charge in [0.25, 0.3) is 5.91 Å². The van der Waals surface area contributed by atoms with Crippen molar-refractivity contribution >= 4 is 28.9 Å². The van der Waals surface area contributed by atoms with Gasteiger partial charge in [-0.2, -0.15) is 23.4 Å². The molecular formula is C25H17F3N4O3S. The summed E-state index contributed by atoms with van der Waals surface area (Å²) in [6.07, 6.45) is 0.898. The molecule has 0 spiro atoms. The van der Waals surface area contributed by atoms with Crippen molar-refractivity contribution in [3.05, 3.63) is 88.1 Å². The van der Waals surface area contributed by atoms with Gasteiger partial charge in [-0.3, -0.25) is 9.78 Å². The molecule has 0 saturated heterocycles. The molecule has 1 aromatic heterocycles. The van der Waals surface area contributed by atoms with Gasteiger partial charge in [0.15, 0.2) is 16.7 Å². The molecule has 7 nitrogen and oxygen atoms in total. The van der Waals surface area contributed by atoms with Gasteiger partial charge in [-0.25, -0.2) is 0 Å². The third-order valence-electron chi connectivity index (χ3n) is 4.95. The molecule has 4 rings (SSSR count). The van der Waals surface area contributed by atoms with E-state index in [0.717, 1.165) is 23.4 Å². The first-order valence-corrected chi connectivity index (χ1v) is 11.3. The minimum absolute atomic E-state index is 0.173. The molecule has 36 heavy (non-hydrogen) atoms. The molecule has 182 valence electrons. The number of aromatic hydroxyl groups is 1. The molecule has 1 amide bonds. The Morgan fingerprint density at radius 1 is 1.17 bits per heavy atom. The van der Waals surface area contributed by atoms with E-state index < -0.39 is 29.1 Å². The number of pyridine rings is 1. The number of alkyl halides is 3. The highest BCUT2D eigenvalue weighted by atomic mass is 32.2. The Balaban J connectivity index is 1.43. The second kappa shape index (κ2) is 10.5. The summed E-state index contributed by atoms with van der Waals surface area (Å²) in [5.41, 5.74) is 0.156. The number of halogens is 3. The van der Waals surface area contributed by atoms with Crippen LogP contribution in [0.2, 0.25) is 0 Å². The number of hydrogen-bond acceptors (Lipinski definition) is 7. The van der Waals surface area contributed by atoms with Gasteiger partial charge in [0, 0.05) is 18.9 Å². The highest BCUT2D eigenvalue weighted by Crippen LogP contribution is 2.41. The fraction of sp³-hybridized carbons (Fsp3) is 0.120. The lowest BCUT2D eigenvalue weighted by atomic mass is 10.1. The van der Waals surface area contributed by atoms with Crippen molar-refractivity contribution in [2.24, 2.45) is 4.99 Å². The summed E-state index contributed by atoms with van der Waals surface area (Å²) in [4.78, 5) is 20.6. The van der Waals surface area contributed by atoms with Gasteiger partial charge >= 0.3 is 6.18 Å². The lowest BCUT2D eigenvalue weighted by molar-refractivity contribution is -0.138. The zero-order valence-electron chi connectivity index (χ0n) is 18.4. The predicted molar refractivity (Wildman–Crippen MR) is 128 cm³/mol. The number of rotatable bonds is 6. The van der Waals surface area contributed by atoms with Crippen molar-refractivity contribution in [1.29, 1.82) is 5.26 Å². The fourth-order valence-corrected chi connectivity index (χ4v) is 4.07. The number of amidine groups is 1. The summed E-state index contributed by atoms with van der Waals surface area (Å²) in [6, 6.07) is 12.4.